The summed E-state index contributed by atoms with van der Waals surface area (Å²) in [5.41, 5.74) is 0.602. The van der Waals surface area contributed by atoms with Crippen LogP contribution in [0.15, 0.2) is 52.9 Å². The molecule has 8 nitrogen and oxygen atoms in total. The first kappa shape index (κ1) is 19.2. The lowest BCUT2D eigenvalue weighted by Crippen LogP contribution is -2.11. The van der Waals surface area contributed by atoms with E-state index in [1.165, 1.54) is 18.2 Å². The zero-order chi connectivity index (χ0) is 20.3. The molecule has 3 rings (SSSR count). The average Bonchev–Trinajstić information content (AvgIpc) is 3.12. The van der Waals surface area contributed by atoms with E-state index in [2.05, 4.69) is 5.32 Å². The van der Waals surface area contributed by atoms with E-state index in [4.69, 9.17) is 20.8 Å². The molecular weight excluding hydrogens is 388 g/mol. The molecule has 0 atom stereocenters. The lowest BCUT2D eigenvalue weighted by Gasteiger charge is -2.09. The van der Waals surface area contributed by atoms with Crippen molar-refractivity contribution in [2.24, 2.45) is 0 Å². The number of aromatic hydroxyl groups is 1. The first-order valence-electron chi connectivity index (χ1n) is 8.10. The van der Waals surface area contributed by atoms with Crippen LogP contribution >= 0.6 is 11.6 Å². The number of hydrogen-bond acceptors (Lipinski definition) is 6. The molecule has 1 amide bonds. The number of anilines is 1. The third kappa shape index (κ3) is 4.24. The third-order valence-corrected chi connectivity index (χ3v) is 4.15. The summed E-state index contributed by atoms with van der Waals surface area (Å²) in [7, 11) is 0. The van der Waals surface area contributed by atoms with Crippen LogP contribution in [0.2, 0.25) is 5.02 Å². The zero-order valence-electron chi connectivity index (χ0n) is 14.6. The van der Waals surface area contributed by atoms with E-state index in [-0.39, 0.29) is 23.7 Å². The molecule has 0 unspecified atom stereocenters. The number of phenolic OH excluding ortho intramolecular Hbond substituents is 1. The van der Waals surface area contributed by atoms with Gasteiger partial charge in [0, 0.05) is 6.07 Å². The van der Waals surface area contributed by atoms with Crippen molar-refractivity contribution in [3.63, 3.8) is 0 Å². The summed E-state index contributed by atoms with van der Waals surface area (Å²) in [5.74, 6) is -0.122. The monoisotopic (exact) mass is 402 g/mol. The lowest BCUT2D eigenvalue weighted by molar-refractivity contribution is -0.384. The Morgan fingerprint density at radius 2 is 2.07 bits per heavy atom. The van der Waals surface area contributed by atoms with Crippen molar-refractivity contribution in [1.82, 2.24) is 0 Å². The molecule has 1 aromatic heterocycles. The van der Waals surface area contributed by atoms with Gasteiger partial charge in [-0.1, -0.05) is 23.7 Å². The topological polar surface area (TPSA) is 115 Å². The number of nitro benzene ring substituents is 1. The highest BCUT2D eigenvalue weighted by atomic mass is 35.5. The average molecular weight is 403 g/mol. The van der Waals surface area contributed by atoms with Crippen molar-refractivity contribution in [1.29, 1.82) is 0 Å². The fraction of sp³-hybridized carbons (Fsp3) is 0.105. The SMILES string of the molecule is Cc1cccc(Cl)c1OCc1ccc(C(=O)Nc2ccc([N+](=O)[O-])cc2O)o1. The molecule has 3 aromatic rings. The van der Waals surface area contributed by atoms with E-state index in [1.54, 1.807) is 12.1 Å². The molecule has 0 aliphatic carbocycles. The van der Waals surface area contributed by atoms with Crippen LogP contribution in [-0.4, -0.2) is 15.9 Å². The molecule has 0 fully saturated rings. The number of benzene rings is 2. The van der Waals surface area contributed by atoms with Crippen molar-refractivity contribution >= 4 is 28.9 Å². The number of rotatable bonds is 6. The second-order valence-corrected chi connectivity index (χ2v) is 6.26. The maximum Gasteiger partial charge on any atom is 0.291 e. The number of hydrogen-bond donors (Lipinski definition) is 2. The Morgan fingerprint density at radius 1 is 1.29 bits per heavy atom. The predicted molar refractivity (Wildman–Crippen MR) is 102 cm³/mol. The van der Waals surface area contributed by atoms with E-state index in [0.717, 1.165) is 11.6 Å². The summed E-state index contributed by atoms with van der Waals surface area (Å²) in [6.07, 6.45) is 0. The lowest BCUT2D eigenvalue weighted by atomic mass is 10.2. The molecule has 1 heterocycles. The molecule has 0 saturated heterocycles. The molecule has 0 radical (unpaired) electrons. The van der Waals surface area contributed by atoms with Gasteiger partial charge >= 0.3 is 0 Å². The van der Waals surface area contributed by atoms with Gasteiger partial charge in [-0.15, -0.1) is 0 Å². The normalized spacial score (nSPS) is 10.5. The predicted octanol–water partition coefficient (Wildman–Crippen LogP) is 4.69. The molecule has 2 N–H and O–H groups in total. The number of nitro groups is 1. The molecule has 0 bridgehead atoms. The standard InChI is InChI=1S/C19H15ClN2O6/c1-11-3-2-4-14(20)18(11)27-10-13-6-8-17(28-13)19(24)21-15-7-5-12(22(25)26)9-16(15)23/h2-9,23H,10H2,1H3,(H,21,24). The van der Waals surface area contributed by atoms with Crippen molar-refractivity contribution in [2.45, 2.75) is 13.5 Å². The van der Waals surface area contributed by atoms with E-state index < -0.39 is 16.6 Å². The van der Waals surface area contributed by atoms with Crippen LogP contribution in [0.5, 0.6) is 11.5 Å². The third-order valence-electron chi connectivity index (χ3n) is 3.85. The van der Waals surface area contributed by atoms with Crippen LogP contribution in [-0.2, 0) is 6.61 Å². The van der Waals surface area contributed by atoms with Crippen molar-refractivity contribution < 1.29 is 24.0 Å². The zero-order valence-corrected chi connectivity index (χ0v) is 15.4. The Balaban J connectivity index is 1.66. The molecule has 144 valence electrons. The quantitative estimate of drug-likeness (QED) is 0.351. The summed E-state index contributed by atoms with van der Waals surface area (Å²) in [6, 6.07) is 11.8. The molecular formula is C19H15ClN2O6. The Bertz CT molecular complexity index is 1030. The maximum absolute atomic E-state index is 12.3. The minimum absolute atomic E-state index is 0.00719. The van der Waals surface area contributed by atoms with Gasteiger partial charge in [-0.3, -0.25) is 14.9 Å². The highest BCUT2D eigenvalue weighted by Crippen LogP contribution is 2.30. The molecule has 2 aromatic carbocycles. The van der Waals surface area contributed by atoms with E-state index in [0.29, 0.717) is 16.5 Å². The number of amides is 1. The van der Waals surface area contributed by atoms with E-state index >= 15 is 0 Å². The number of non-ortho nitro benzene ring substituents is 1. The Labute approximate surface area is 164 Å². The summed E-state index contributed by atoms with van der Waals surface area (Å²) in [4.78, 5) is 22.3. The smallest absolute Gasteiger partial charge is 0.291 e. The largest absolute Gasteiger partial charge is 0.506 e. The van der Waals surface area contributed by atoms with Gasteiger partial charge in [0.25, 0.3) is 11.6 Å². The highest BCUT2D eigenvalue weighted by Gasteiger charge is 2.16. The molecule has 0 saturated carbocycles. The van der Waals surface area contributed by atoms with Gasteiger partial charge in [0.1, 0.15) is 23.9 Å². The number of furan rings is 1. The number of carbonyl (C=O) groups excluding carboxylic acids is 1. The van der Waals surface area contributed by atoms with Crippen molar-refractivity contribution in [3.8, 4) is 11.5 Å². The molecule has 9 heteroatoms. The van der Waals surface area contributed by atoms with E-state index in [1.807, 2.05) is 19.1 Å². The Hall–Kier alpha value is -3.52. The molecule has 0 spiro atoms. The number of nitrogens with one attached hydrogen (secondary N) is 1. The first-order valence-corrected chi connectivity index (χ1v) is 8.48. The van der Waals surface area contributed by atoms with Gasteiger partial charge in [0.05, 0.1) is 21.7 Å². The van der Waals surface area contributed by atoms with Crippen LogP contribution in [0.4, 0.5) is 11.4 Å². The second kappa shape index (κ2) is 8.01. The van der Waals surface area contributed by atoms with Gasteiger partial charge in [0.15, 0.2) is 5.76 Å². The summed E-state index contributed by atoms with van der Waals surface area (Å²) < 4.78 is 11.1. The number of halogens is 1. The van der Waals surface area contributed by atoms with Gasteiger partial charge in [-0.25, -0.2) is 0 Å². The second-order valence-electron chi connectivity index (χ2n) is 5.85. The Morgan fingerprint density at radius 3 is 2.75 bits per heavy atom. The molecule has 28 heavy (non-hydrogen) atoms. The van der Waals surface area contributed by atoms with Crippen LogP contribution in [0.1, 0.15) is 21.9 Å². The first-order chi connectivity index (χ1) is 13.3. The van der Waals surface area contributed by atoms with E-state index in [9.17, 15) is 20.0 Å². The number of ether oxygens (including phenoxy) is 1. The van der Waals surface area contributed by atoms with Gasteiger partial charge in [-0.05, 0) is 36.8 Å². The minimum atomic E-state index is -0.648. The number of aryl methyl sites for hydroxylation is 1. The molecule has 0 aliphatic rings. The van der Waals surface area contributed by atoms with Gasteiger partial charge in [0.2, 0.25) is 0 Å². The maximum atomic E-state index is 12.3. The minimum Gasteiger partial charge on any atom is -0.506 e. The van der Waals surface area contributed by atoms with Gasteiger partial charge < -0.3 is 19.6 Å². The van der Waals surface area contributed by atoms with Gasteiger partial charge in [-0.2, -0.15) is 0 Å². The number of phenols is 1. The van der Waals surface area contributed by atoms with Crippen LogP contribution in [0, 0.1) is 17.0 Å². The fourth-order valence-electron chi connectivity index (χ4n) is 2.44. The van der Waals surface area contributed by atoms with Crippen molar-refractivity contribution in [3.05, 3.63) is 80.8 Å². The summed E-state index contributed by atoms with van der Waals surface area (Å²) >= 11 is 6.10. The van der Waals surface area contributed by atoms with Crippen LogP contribution < -0.4 is 10.1 Å². The fourth-order valence-corrected chi connectivity index (χ4v) is 2.72. The molecule has 0 aliphatic heterocycles. The summed E-state index contributed by atoms with van der Waals surface area (Å²) in [5, 5.41) is 23.4. The number of nitrogens with zero attached hydrogens (tertiary/aromatic N) is 1. The number of para-hydroxylation sites is 1. The van der Waals surface area contributed by atoms with Crippen molar-refractivity contribution in [2.75, 3.05) is 5.32 Å². The summed E-state index contributed by atoms with van der Waals surface area (Å²) in [6.45, 7) is 1.93. The Kier molecular flexibility index (Phi) is 5.51. The number of carbonyl (C=O) groups is 1. The van der Waals surface area contributed by atoms with Crippen LogP contribution in [0.3, 0.4) is 0 Å². The van der Waals surface area contributed by atoms with Crippen LogP contribution in [0.25, 0.3) is 0 Å². The highest BCUT2D eigenvalue weighted by molar-refractivity contribution is 6.32.